The van der Waals surface area contributed by atoms with Gasteiger partial charge in [0.05, 0.1) is 5.92 Å². The predicted molar refractivity (Wildman–Crippen MR) is 98.8 cm³/mol. The summed E-state index contributed by atoms with van der Waals surface area (Å²) in [7, 11) is 0. The van der Waals surface area contributed by atoms with Crippen molar-refractivity contribution < 1.29 is 28.6 Å². The van der Waals surface area contributed by atoms with Gasteiger partial charge in [-0.3, -0.25) is 14.4 Å². The lowest BCUT2D eigenvalue weighted by Crippen LogP contribution is -2.36. The maximum absolute atomic E-state index is 12.5. The van der Waals surface area contributed by atoms with Crippen LogP contribution in [-0.4, -0.2) is 48.2 Å². The highest BCUT2D eigenvalue weighted by Gasteiger charge is 2.40. The average molecular weight is 388 g/mol. The van der Waals surface area contributed by atoms with Crippen LogP contribution in [0, 0.1) is 5.92 Å². The third-order valence-electron chi connectivity index (χ3n) is 5.56. The van der Waals surface area contributed by atoms with Gasteiger partial charge in [0.15, 0.2) is 17.6 Å². The highest BCUT2D eigenvalue weighted by Crippen LogP contribution is 2.34. The van der Waals surface area contributed by atoms with Crippen molar-refractivity contribution in [2.45, 2.75) is 51.2 Å². The highest BCUT2D eigenvalue weighted by atomic mass is 16.7. The lowest BCUT2D eigenvalue weighted by atomic mass is 10.1. The van der Waals surface area contributed by atoms with Crippen LogP contribution in [0.1, 0.15) is 39.0 Å². The van der Waals surface area contributed by atoms with Crippen LogP contribution in [-0.2, 0) is 19.1 Å². The van der Waals surface area contributed by atoms with Gasteiger partial charge < -0.3 is 24.4 Å². The van der Waals surface area contributed by atoms with E-state index in [4.69, 9.17) is 14.2 Å². The number of fused-ring (bicyclic) bond motifs is 1. The first-order chi connectivity index (χ1) is 13.5. The van der Waals surface area contributed by atoms with Crippen molar-refractivity contribution >= 4 is 23.5 Å². The third kappa shape index (κ3) is 3.76. The van der Waals surface area contributed by atoms with Gasteiger partial charge in [-0.15, -0.1) is 0 Å². The minimum Gasteiger partial charge on any atom is -0.454 e. The Balaban J connectivity index is 1.30. The molecule has 3 aliphatic rings. The van der Waals surface area contributed by atoms with Crippen LogP contribution >= 0.6 is 0 Å². The fraction of sp³-hybridized carbons (Fsp3) is 0.550. The van der Waals surface area contributed by atoms with Crippen molar-refractivity contribution in [2.75, 3.05) is 18.7 Å². The van der Waals surface area contributed by atoms with Gasteiger partial charge in [-0.1, -0.05) is 12.8 Å². The number of likely N-dealkylation sites (tertiary alicyclic amines) is 1. The van der Waals surface area contributed by atoms with Gasteiger partial charge in [0, 0.05) is 30.8 Å². The predicted octanol–water partition coefficient (Wildman–Crippen LogP) is 2.08. The van der Waals surface area contributed by atoms with E-state index in [1.807, 2.05) is 4.90 Å². The lowest BCUT2D eigenvalue weighted by molar-refractivity contribution is -0.157. The normalized spacial score (nSPS) is 22.4. The fourth-order valence-electron chi connectivity index (χ4n) is 4.00. The van der Waals surface area contributed by atoms with Crippen molar-refractivity contribution in [3.8, 4) is 11.5 Å². The number of carbonyl (C=O) groups excluding carboxylic acids is 3. The molecular formula is C20H24N2O6. The van der Waals surface area contributed by atoms with Crippen molar-refractivity contribution in [3.05, 3.63) is 18.2 Å². The first-order valence-electron chi connectivity index (χ1n) is 9.72. The van der Waals surface area contributed by atoms with Gasteiger partial charge >= 0.3 is 5.97 Å². The molecule has 1 saturated carbocycles. The molecule has 8 heteroatoms. The van der Waals surface area contributed by atoms with Gasteiger partial charge in [0.25, 0.3) is 5.91 Å². The first-order valence-corrected chi connectivity index (χ1v) is 9.72. The Hall–Kier alpha value is -2.77. The summed E-state index contributed by atoms with van der Waals surface area (Å²) < 4.78 is 15.8. The molecule has 1 N–H and O–H groups in total. The topological polar surface area (TPSA) is 94.2 Å². The number of esters is 1. The number of hydrogen-bond donors (Lipinski definition) is 1. The molecule has 1 saturated heterocycles. The van der Waals surface area contributed by atoms with Crippen LogP contribution in [0.5, 0.6) is 11.5 Å². The number of rotatable bonds is 5. The summed E-state index contributed by atoms with van der Waals surface area (Å²) in [6.07, 6.45) is 3.45. The first kappa shape index (κ1) is 18.6. The van der Waals surface area contributed by atoms with E-state index in [2.05, 4.69) is 5.32 Å². The number of carbonyl (C=O) groups is 3. The Bertz CT molecular complexity index is 789. The number of nitrogens with zero attached hydrogens (tertiary/aromatic N) is 1. The Labute approximate surface area is 163 Å². The van der Waals surface area contributed by atoms with Gasteiger partial charge in [0.1, 0.15) is 0 Å². The third-order valence-corrected chi connectivity index (χ3v) is 5.56. The molecule has 8 nitrogen and oxygen atoms in total. The van der Waals surface area contributed by atoms with Crippen LogP contribution in [0.15, 0.2) is 18.2 Å². The molecule has 2 atom stereocenters. The number of amides is 2. The largest absolute Gasteiger partial charge is 0.454 e. The Morgan fingerprint density at radius 3 is 2.75 bits per heavy atom. The monoisotopic (exact) mass is 388 g/mol. The average Bonchev–Trinajstić information content (AvgIpc) is 3.41. The number of anilines is 1. The molecule has 4 rings (SSSR count). The summed E-state index contributed by atoms with van der Waals surface area (Å²) in [4.78, 5) is 38.9. The van der Waals surface area contributed by atoms with E-state index in [0.29, 0.717) is 23.7 Å². The minimum atomic E-state index is -0.964. The molecule has 2 fully saturated rings. The van der Waals surface area contributed by atoms with Gasteiger partial charge in [-0.25, -0.2) is 0 Å². The second-order valence-corrected chi connectivity index (χ2v) is 7.52. The summed E-state index contributed by atoms with van der Waals surface area (Å²) in [6, 6.07) is 5.30. The number of hydrogen-bond acceptors (Lipinski definition) is 6. The molecule has 1 aromatic carbocycles. The van der Waals surface area contributed by atoms with E-state index >= 15 is 0 Å². The zero-order chi connectivity index (χ0) is 19.7. The molecule has 1 aromatic rings. The molecule has 1 aliphatic carbocycles. The summed E-state index contributed by atoms with van der Waals surface area (Å²) >= 11 is 0. The number of nitrogens with one attached hydrogen (secondary N) is 1. The number of ether oxygens (including phenoxy) is 3. The van der Waals surface area contributed by atoms with Crippen LogP contribution in [0.25, 0.3) is 0 Å². The Morgan fingerprint density at radius 2 is 1.96 bits per heavy atom. The number of benzene rings is 1. The van der Waals surface area contributed by atoms with E-state index in [1.54, 1.807) is 18.2 Å². The van der Waals surface area contributed by atoms with Crippen LogP contribution in [0.4, 0.5) is 5.69 Å². The highest BCUT2D eigenvalue weighted by molar-refractivity contribution is 5.96. The zero-order valence-electron chi connectivity index (χ0n) is 15.8. The van der Waals surface area contributed by atoms with E-state index in [9.17, 15) is 14.4 Å². The van der Waals surface area contributed by atoms with Crippen LogP contribution < -0.4 is 14.8 Å². The summed E-state index contributed by atoms with van der Waals surface area (Å²) in [5.74, 6) is -0.263. The standard InChI is InChI=1S/C20H24N2O6/c1-12(19(24)21-14-6-7-16-17(9-14)27-11-26-16)28-20(25)13-8-18(23)22(10-13)15-4-2-3-5-15/h6-7,9,12-13,15H,2-5,8,10-11H2,1H3,(H,21,24)/t12-,13-/m0/s1. The smallest absolute Gasteiger partial charge is 0.312 e. The van der Waals surface area contributed by atoms with E-state index in [1.165, 1.54) is 6.92 Å². The van der Waals surface area contributed by atoms with E-state index in [0.717, 1.165) is 25.7 Å². The molecule has 0 spiro atoms. The molecule has 150 valence electrons. The van der Waals surface area contributed by atoms with Crippen molar-refractivity contribution in [3.63, 3.8) is 0 Å². The molecule has 2 heterocycles. The maximum Gasteiger partial charge on any atom is 0.312 e. The van der Waals surface area contributed by atoms with Gasteiger partial charge in [-0.05, 0) is 31.9 Å². The molecule has 0 bridgehead atoms. The van der Waals surface area contributed by atoms with Crippen LogP contribution in [0.2, 0.25) is 0 Å². The molecular weight excluding hydrogens is 364 g/mol. The van der Waals surface area contributed by atoms with E-state index < -0.39 is 23.9 Å². The maximum atomic E-state index is 12.5. The fourth-order valence-corrected chi connectivity index (χ4v) is 4.00. The summed E-state index contributed by atoms with van der Waals surface area (Å²) in [5, 5.41) is 2.70. The molecule has 28 heavy (non-hydrogen) atoms. The summed E-state index contributed by atoms with van der Waals surface area (Å²) in [5.41, 5.74) is 0.528. The molecule has 2 amide bonds. The minimum absolute atomic E-state index is 0.00585. The molecule has 0 unspecified atom stereocenters. The van der Waals surface area contributed by atoms with Crippen molar-refractivity contribution in [1.29, 1.82) is 0 Å². The van der Waals surface area contributed by atoms with Crippen molar-refractivity contribution in [2.24, 2.45) is 5.92 Å². The second-order valence-electron chi connectivity index (χ2n) is 7.52. The van der Waals surface area contributed by atoms with Gasteiger partial charge in [-0.2, -0.15) is 0 Å². The molecule has 0 aromatic heterocycles. The second kappa shape index (κ2) is 7.69. The molecule has 0 radical (unpaired) electrons. The SMILES string of the molecule is C[C@H](OC(=O)[C@H]1CC(=O)N(C2CCCC2)C1)C(=O)Nc1ccc2c(c1)OCO2. The quantitative estimate of drug-likeness (QED) is 0.776. The summed E-state index contributed by atoms with van der Waals surface area (Å²) in [6.45, 7) is 2.06. The molecule has 2 aliphatic heterocycles. The van der Waals surface area contributed by atoms with Gasteiger partial charge in [0.2, 0.25) is 12.7 Å². The lowest BCUT2D eigenvalue weighted by Gasteiger charge is -2.24. The van der Waals surface area contributed by atoms with Crippen LogP contribution in [0.3, 0.4) is 0 Å². The Morgan fingerprint density at radius 1 is 1.21 bits per heavy atom. The Kier molecular flexibility index (Phi) is 5.11. The van der Waals surface area contributed by atoms with E-state index in [-0.39, 0.29) is 25.2 Å². The zero-order valence-corrected chi connectivity index (χ0v) is 15.8. The van der Waals surface area contributed by atoms with Crippen molar-refractivity contribution in [1.82, 2.24) is 4.90 Å².